The molecule has 0 heterocycles. The van der Waals surface area contributed by atoms with Gasteiger partial charge in [-0.05, 0) is 27.2 Å². The van der Waals surface area contributed by atoms with E-state index in [0.29, 0.717) is 6.42 Å². The topological polar surface area (TPSA) is 49.7 Å². The van der Waals surface area contributed by atoms with Crippen LogP contribution >= 0.6 is 0 Å². The van der Waals surface area contributed by atoms with Gasteiger partial charge in [0, 0.05) is 6.42 Å². The number of rotatable bonds is 5. The molecule has 0 saturated heterocycles. The molecule has 0 spiro atoms. The van der Waals surface area contributed by atoms with Gasteiger partial charge in [0.05, 0.1) is 17.8 Å². The summed E-state index contributed by atoms with van der Waals surface area (Å²) in [5, 5.41) is 18.5. The van der Waals surface area contributed by atoms with Crippen LogP contribution in [0.15, 0.2) is 0 Å². The maximum absolute atomic E-state index is 9.35. The van der Waals surface area contributed by atoms with E-state index in [1.807, 2.05) is 20.8 Å². The van der Waals surface area contributed by atoms with Gasteiger partial charge < -0.3 is 14.9 Å². The average molecular weight is 188 g/mol. The van der Waals surface area contributed by atoms with Crippen molar-refractivity contribution < 1.29 is 14.9 Å². The predicted octanol–water partition coefficient (Wildman–Crippen LogP) is 1.30. The molecule has 0 aromatic heterocycles. The van der Waals surface area contributed by atoms with E-state index in [9.17, 15) is 5.11 Å². The third-order valence-electron chi connectivity index (χ3n) is 1.43. The highest BCUT2D eigenvalue weighted by Crippen LogP contribution is 2.12. The molecular weight excluding hydrogens is 168 g/mol. The van der Waals surface area contributed by atoms with E-state index in [0.717, 1.165) is 0 Å². The van der Waals surface area contributed by atoms with Gasteiger partial charge in [0.25, 0.3) is 0 Å². The molecule has 0 unspecified atom stereocenters. The minimum Gasteiger partial charge on any atom is -0.393 e. The van der Waals surface area contributed by atoms with Gasteiger partial charge in [0.1, 0.15) is 6.61 Å². The van der Waals surface area contributed by atoms with Crippen LogP contribution in [0.25, 0.3) is 0 Å². The van der Waals surface area contributed by atoms with Crippen LogP contribution in [0.1, 0.15) is 33.6 Å². The van der Waals surface area contributed by atoms with Crippen LogP contribution in [0.3, 0.4) is 0 Å². The van der Waals surface area contributed by atoms with Crippen LogP contribution in [0, 0.1) is 13.5 Å². The lowest BCUT2D eigenvalue weighted by molar-refractivity contribution is -0.0144. The molecule has 2 N–H and O–H groups in total. The smallest absolute Gasteiger partial charge is 0.113 e. The number of aliphatic hydroxyl groups is 2. The Labute approximate surface area is 80.7 Å². The minimum absolute atomic E-state index is 0.277. The van der Waals surface area contributed by atoms with Crippen molar-refractivity contribution in [2.75, 3.05) is 0 Å². The Morgan fingerprint density at radius 1 is 1.38 bits per heavy atom. The van der Waals surface area contributed by atoms with Crippen LogP contribution in [0.5, 0.6) is 0 Å². The fraction of sp³-hybridized carbons (Fsp3) is 0.800. The monoisotopic (exact) mass is 188 g/mol. The maximum atomic E-state index is 9.35. The summed E-state index contributed by atoms with van der Waals surface area (Å²) in [6.45, 7) is 10.6. The molecular formula is C10H20O3. The molecule has 0 rings (SSSR count). The summed E-state index contributed by atoms with van der Waals surface area (Å²) in [6, 6.07) is 0. The zero-order valence-corrected chi connectivity index (χ0v) is 8.66. The standard InChI is InChI=1S/C10H20O3/c1-5-8(11)6-9(12)7-13-10(2,3)4/h7-9,11-12H,1,5-6H2,2-4H3/t8-,9+/m1/s1. The van der Waals surface area contributed by atoms with Gasteiger partial charge in [-0.2, -0.15) is 0 Å². The average Bonchev–Trinajstić information content (AvgIpc) is 1.99. The number of hydrogen-bond acceptors (Lipinski definition) is 3. The van der Waals surface area contributed by atoms with E-state index in [-0.39, 0.29) is 12.0 Å². The number of ether oxygens (including phenoxy) is 1. The Bertz CT molecular complexity index is 129. The van der Waals surface area contributed by atoms with E-state index < -0.39 is 12.2 Å². The fourth-order valence-corrected chi connectivity index (χ4v) is 0.735. The van der Waals surface area contributed by atoms with Crippen molar-refractivity contribution in [1.82, 2.24) is 0 Å². The quantitative estimate of drug-likeness (QED) is 0.683. The molecule has 0 saturated carbocycles. The molecule has 0 aliphatic carbocycles. The highest BCUT2D eigenvalue weighted by atomic mass is 16.5. The molecule has 3 heteroatoms. The minimum atomic E-state index is -0.726. The first-order valence-electron chi connectivity index (χ1n) is 4.51. The largest absolute Gasteiger partial charge is 0.393 e. The molecule has 0 amide bonds. The molecule has 0 bridgehead atoms. The van der Waals surface area contributed by atoms with Crippen molar-refractivity contribution in [2.24, 2.45) is 0 Å². The van der Waals surface area contributed by atoms with Gasteiger partial charge in [0.2, 0.25) is 0 Å². The van der Waals surface area contributed by atoms with E-state index in [1.54, 1.807) is 0 Å². The Morgan fingerprint density at radius 3 is 2.31 bits per heavy atom. The molecule has 0 fully saturated rings. The summed E-state index contributed by atoms with van der Waals surface area (Å²) in [4.78, 5) is 0. The normalized spacial score (nSPS) is 17.1. The predicted molar refractivity (Wildman–Crippen MR) is 51.7 cm³/mol. The molecule has 0 aromatic rings. The zero-order valence-electron chi connectivity index (χ0n) is 8.66. The SMILES string of the molecule is [CH2]C[C@@H](O)C[C@H](O)[CH]OC(C)(C)C. The van der Waals surface area contributed by atoms with Gasteiger partial charge in [-0.3, -0.25) is 0 Å². The van der Waals surface area contributed by atoms with Gasteiger partial charge in [-0.1, -0.05) is 6.92 Å². The summed E-state index contributed by atoms with van der Waals surface area (Å²) < 4.78 is 5.23. The van der Waals surface area contributed by atoms with Gasteiger partial charge in [-0.25, -0.2) is 0 Å². The van der Waals surface area contributed by atoms with Crippen molar-refractivity contribution >= 4 is 0 Å². The molecule has 2 atom stereocenters. The molecule has 13 heavy (non-hydrogen) atoms. The first kappa shape index (κ1) is 12.9. The first-order valence-corrected chi connectivity index (χ1v) is 4.51. The second-order valence-electron chi connectivity index (χ2n) is 4.11. The Kier molecular flexibility index (Phi) is 5.53. The van der Waals surface area contributed by atoms with Crippen molar-refractivity contribution in [3.8, 4) is 0 Å². The molecule has 78 valence electrons. The van der Waals surface area contributed by atoms with Crippen molar-refractivity contribution in [3.63, 3.8) is 0 Å². The summed E-state index contributed by atoms with van der Waals surface area (Å²) >= 11 is 0. The summed E-state index contributed by atoms with van der Waals surface area (Å²) in [7, 11) is 0. The summed E-state index contributed by atoms with van der Waals surface area (Å²) in [6.07, 6.45) is -0.606. The molecule has 0 aliphatic rings. The number of hydrogen-bond donors (Lipinski definition) is 2. The Hall–Kier alpha value is -0.120. The van der Waals surface area contributed by atoms with Gasteiger partial charge in [-0.15, -0.1) is 0 Å². The second-order valence-corrected chi connectivity index (χ2v) is 4.11. The van der Waals surface area contributed by atoms with Gasteiger partial charge in [0.15, 0.2) is 0 Å². The molecule has 0 aliphatic heterocycles. The van der Waals surface area contributed by atoms with Crippen LogP contribution in [-0.4, -0.2) is 28.0 Å². The first-order chi connectivity index (χ1) is 5.85. The van der Waals surface area contributed by atoms with Crippen LogP contribution in [0.2, 0.25) is 0 Å². The molecule has 2 radical (unpaired) electrons. The lowest BCUT2D eigenvalue weighted by atomic mass is 10.1. The highest BCUT2D eigenvalue weighted by molar-refractivity contribution is 4.74. The third-order valence-corrected chi connectivity index (χ3v) is 1.43. The van der Waals surface area contributed by atoms with Crippen LogP contribution in [-0.2, 0) is 4.74 Å². The van der Waals surface area contributed by atoms with Crippen molar-refractivity contribution in [2.45, 2.75) is 51.4 Å². The van der Waals surface area contributed by atoms with Crippen LogP contribution in [0.4, 0.5) is 0 Å². The summed E-state index contributed by atoms with van der Waals surface area (Å²) in [5.41, 5.74) is -0.295. The van der Waals surface area contributed by atoms with E-state index in [2.05, 4.69) is 6.92 Å². The Morgan fingerprint density at radius 2 is 1.92 bits per heavy atom. The van der Waals surface area contributed by atoms with E-state index in [1.165, 1.54) is 6.61 Å². The van der Waals surface area contributed by atoms with Crippen molar-refractivity contribution in [1.29, 1.82) is 0 Å². The van der Waals surface area contributed by atoms with Crippen LogP contribution < -0.4 is 0 Å². The summed E-state index contributed by atoms with van der Waals surface area (Å²) in [5.74, 6) is 0. The van der Waals surface area contributed by atoms with Crippen molar-refractivity contribution in [3.05, 3.63) is 13.5 Å². The second kappa shape index (κ2) is 5.58. The fourth-order valence-electron chi connectivity index (χ4n) is 0.735. The lowest BCUT2D eigenvalue weighted by Crippen LogP contribution is -2.24. The zero-order chi connectivity index (χ0) is 10.5. The highest BCUT2D eigenvalue weighted by Gasteiger charge is 2.16. The Balaban J connectivity index is 3.57. The molecule has 3 nitrogen and oxygen atoms in total. The molecule has 0 aromatic carbocycles. The number of aliphatic hydroxyl groups excluding tert-OH is 2. The van der Waals surface area contributed by atoms with E-state index in [4.69, 9.17) is 9.84 Å². The third kappa shape index (κ3) is 8.22. The van der Waals surface area contributed by atoms with E-state index >= 15 is 0 Å². The van der Waals surface area contributed by atoms with Gasteiger partial charge >= 0.3 is 0 Å². The lowest BCUT2D eigenvalue weighted by Gasteiger charge is -2.22. The maximum Gasteiger partial charge on any atom is 0.113 e.